The van der Waals surface area contributed by atoms with E-state index in [2.05, 4.69) is 42.9 Å². The number of rotatable bonds is 22. The molecule has 0 fully saturated rings. The van der Waals surface area contributed by atoms with E-state index in [1.165, 1.54) is 35.7 Å². The van der Waals surface area contributed by atoms with Gasteiger partial charge in [-0.3, -0.25) is 34.1 Å². The van der Waals surface area contributed by atoms with Gasteiger partial charge >= 0.3 is 23.6 Å². The van der Waals surface area contributed by atoms with Crippen LogP contribution in [0.3, 0.4) is 0 Å². The van der Waals surface area contributed by atoms with Gasteiger partial charge in [-0.1, -0.05) is 55.9 Å². The Labute approximate surface area is 306 Å². The van der Waals surface area contributed by atoms with Gasteiger partial charge in [-0.05, 0) is 42.2 Å². The summed E-state index contributed by atoms with van der Waals surface area (Å²) >= 11 is 1.37. The zero-order valence-corrected chi connectivity index (χ0v) is 36.2. The van der Waals surface area contributed by atoms with Crippen molar-refractivity contribution < 1.29 is 47.5 Å². The highest BCUT2D eigenvalue weighted by Crippen LogP contribution is 2.21. The van der Waals surface area contributed by atoms with Crippen molar-refractivity contribution in [3.8, 4) is 0 Å². The van der Waals surface area contributed by atoms with Crippen molar-refractivity contribution in [2.24, 2.45) is 11.8 Å². The zero-order chi connectivity index (χ0) is 38.2. The Morgan fingerprint density at radius 3 is 1.53 bits per heavy atom. The number of amides is 2. The van der Waals surface area contributed by atoms with Gasteiger partial charge in [-0.25, -0.2) is 14.4 Å². The van der Waals surface area contributed by atoms with Crippen molar-refractivity contribution in [1.29, 1.82) is 0 Å². The Hall–Kier alpha value is -0.840. The van der Waals surface area contributed by atoms with E-state index < -0.39 is 60.1 Å². The molecule has 2 amide bonds. The molecular weight excluding hydrogens is 755 g/mol. The fourth-order valence-corrected chi connectivity index (χ4v) is 7.12. The molecule has 0 aliphatic carbocycles. The monoisotopic (exact) mass is 810 g/mol. The summed E-state index contributed by atoms with van der Waals surface area (Å²) in [5.41, 5.74) is -0.630. The smallest absolute Gasteiger partial charge is 0.329 e. The van der Waals surface area contributed by atoms with E-state index >= 15 is 0 Å². The lowest BCUT2D eigenvalue weighted by molar-refractivity contribution is -0.159. The third kappa shape index (κ3) is 16.2. The average molecular weight is 811 g/mol. The normalized spacial score (nSPS) is 15.2. The molecule has 0 aliphatic rings. The van der Waals surface area contributed by atoms with Crippen LogP contribution in [0, 0.1) is 11.8 Å². The predicted octanol–water partition coefficient (Wildman–Crippen LogP) is 0.592. The number of hydrogen-bond donors (Lipinski definition) is 2. The lowest BCUT2D eigenvalue weighted by Crippen LogP contribution is -2.54. The number of thioether (sulfide) groups is 1. The maximum absolute atomic E-state index is 13.8. The van der Waals surface area contributed by atoms with Crippen LogP contribution >= 0.6 is 58.6 Å². The van der Waals surface area contributed by atoms with Crippen LogP contribution in [0.5, 0.6) is 0 Å². The SMILES string of the molecule is CC(C)C(C(=O)OC[C@@H](NP)C(=O)OP)N(C)C(=O)[C@H](CSC[C@@H](C(=O)N(C)[C@H](C(=O)OC[C@@H](NP)OC(=O)P)C(C)C)N(C)C)N(C)P. The van der Waals surface area contributed by atoms with Crippen LogP contribution in [0.4, 0.5) is 4.79 Å². The van der Waals surface area contributed by atoms with Crippen LogP contribution in [-0.2, 0) is 42.7 Å². The van der Waals surface area contributed by atoms with Gasteiger partial charge in [0.15, 0.2) is 6.23 Å². The van der Waals surface area contributed by atoms with Gasteiger partial charge in [0.05, 0.1) is 15.5 Å². The molecule has 0 aromatic rings. The number of likely N-dealkylation sites (N-methyl/N-ethyl adjacent to an activating group) is 4. The van der Waals surface area contributed by atoms with Gasteiger partial charge in [0, 0.05) is 25.6 Å². The second kappa shape index (κ2) is 24.4. The Bertz CT molecular complexity index is 1110. The molecule has 0 spiro atoms. The number of esters is 2. The van der Waals surface area contributed by atoms with Crippen molar-refractivity contribution in [2.75, 3.05) is 60.0 Å². The van der Waals surface area contributed by atoms with Gasteiger partial charge in [0.2, 0.25) is 11.8 Å². The molecule has 0 radical (unpaired) electrons. The first-order valence-electron chi connectivity index (χ1n) is 15.1. The third-order valence-corrected chi connectivity index (χ3v) is 9.93. The van der Waals surface area contributed by atoms with Gasteiger partial charge in [-0.2, -0.15) is 11.8 Å². The largest absolute Gasteiger partial charge is 0.462 e. The van der Waals surface area contributed by atoms with E-state index in [0.717, 1.165) is 0 Å². The number of carbonyl (C=O) groups is 6. The minimum absolute atomic E-state index is 0.259. The number of nitrogens with zero attached hydrogens (tertiary/aromatic N) is 4. The Morgan fingerprint density at radius 1 is 0.714 bits per heavy atom. The molecule has 0 saturated heterocycles. The van der Waals surface area contributed by atoms with Gasteiger partial charge in [0.1, 0.15) is 37.4 Å². The predicted molar refractivity (Wildman–Crippen MR) is 206 cm³/mol. The Balaban J connectivity index is 5.73. The molecular formula is C27H55N6O10P5S. The fourth-order valence-electron chi connectivity index (χ4n) is 4.61. The van der Waals surface area contributed by atoms with E-state index in [0.29, 0.717) is 0 Å². The summed E-state index contributed by atoms with van der Waals surface area (Å²) in [6.07, 6.45) is -0.888. The lowest BCUT2D eigenvalue weighted by Gasteiger charge is -2.35. The molecule has 0 aliphatic heterocycles. The van der Waals surface area contributed by atoms with Gasteiger partial charge in [-0.15, -0.1) is 0 Å². The number of nitrogens with one attached hydrogen (secondary N) is 2. The van der Waals surface area contributed by atoms with Crippen molar-refractivity contribution in [1.82, 2.24) is 29.5 Å². The van der Waals surface area contributed by atoms with Crippen molar-refractivity contribution in [2.45, 2.75) is 64.1 Å². The minimum atomic E-state index is -0.936. The van der Waals surface area contributed by atoms with Crippen molar-refractivity contribution >= 4 is 94.1 Å². The van der Waals surface area contributed by atoms with Crippen LogP contribution in [0.15, 0.2) is 0 Å². The van der Waals surface area contributed by atoms with Crippen LogP contribution in [-0.4, -0.2) is 151 Å². The second-order valence-corrected chi connectivity index (χ2v) is 15.2. The molecule has 11 atom stereocenters. The number of ether oxygens (including phenoxy) is 3. The Kier molecular flexibility index (Phi) is 24.0. The first kappa shape index (κ1) is 48.2. The first-order valence-corrected chi connectivity index (χ1v) is 19.0. The molecule has 2 N–H and O–H groups in total. The molecule has 0 bridgehead atoms. The summed E-state index contributed by atoms with van der Waals surface area (Å²) in [7, 11) is 18.8. The molecule has 0 aromatic heterocycles. The first-order chi connectivity index (χ1) is 22.8. The molecule has 6 unspecified atom stereocenters. The molecule has 16 nitrogen and oxygen atoms in total. The summed E-state index contributed by atoms with van der Waals surface area (Å²) in [6.45, 7) is 6.60. The van der Waals surface area contributed by atoms with Crippen molar-refractivity contribution in [3.63, 3.8) is 0 Å². The highest BCUT2D eigenvalue weighted by atomic mass is 32.2. The summed E-state index contributed by atoms with van der Waals surface area (Å²) < 4.78 is 22.1. The molecule has 284 valence electrons. The summed E-state index contributed by atoms with van der Waals surface area (Å²) in [4.78, 5) is 81.3. The minimum Gasteiger partial charge on any atom is -0.462 e. The van der Waals surface area contributed by atoms with Crippen LogP contribution < -0.4 is 10.2 Å². The summed E-state index contributed by atoms with van der Waals surface area (Å²) in [6, 6.07) is -4.11. The van der Waals surface area contributed by atoms with Crippen LogP contribution in [0.1, 0.15) is 27.7 Å². The molecule has 49 heavy (non-hydrogen) atoms. The van der Waals surface area contributed by atoms with Gasteiger partial charge < -0.3 is 28.5 Å². The second-order valence-electron chi connectivity index (χ2n) is 12.0. The van der Waals surface area contributed by atoms with Crippen LogP contribution in [0.25, 0.3) is 0 Å². The molecule has 0 heterocycles. The van der Waals surface area contributed by atoms with E-state index in [4.69, 9.17) is 14.2 Å². The highest BCUT2D eigenvalue weighted by Gasteiger charge is 2.38. The van der Waals surface area contributed by atoms with Crippen molar-refractivity contribution in [3.05, 3.63) is 0 Å². The van der Waals surface area contributed by atoms with E-state index in [9.17, 15) is 28.8 Å². The Morgan fingerprint density at radius 2 is 1.16 bits per heavy atom. The topological polar surface area (TPSA) is 176 Å². The van der Waals surface area contributed by atoms with Crippen LogP contribution in [0.2, 0.25) is 0 Å². The van der Waals surface area contributed by atoms with E-state index in [-0.39, 0.29) is 48.4 Å². The zero-order valence-electron chi connectivity index (χ0n) is 29.6. The maximum Gasteiger partial charge on any atom is 0.329 e. The highest BCUT2D eigenvalue weighted by molar-refractivity contribution is 7.99. The van der Waals surface area contributed by atoms with E-state index in [1.807, 2.05) is 18.7 Å². The number of carbonyl (C=O) groups excluding carboxylic acids is 6. The number of hydrogen-bond acceptors (Lipinski definition) is 15. The lowest BCUT2D eigenvalue weighted by atomic mass is 10.0. The molecule has 0 rings (SSSR count). The standard InChI is InChI=1S/C27H55N6O10P5S/c1-14(2)20(25(37)40-10-16(28-45)24(36)43-48)32(8)23(35)18(33(9)47)13-49-12-17(30(5)6)22(34)31(7)21(15(3)4)26(38)41-11-19(29-46)42-27(39)44/h14-21,28-29H,10-13,44-48H2,1-9H3/t16-,17+,18+,19+,20?,21+/m1/s1. The maximum atomic E-state index is 13.8. The average Bonchev–Trinajstić information content (AvgIpc) is 3.01. The van der Waals surface area contributed by atoms with Gasteiger partial charge in [0.25, 0.3) is 0 Å². The summed E-state index contributed by atoms with van der Waals surface area (Å²) in [5.74, 6) is -2.67. The molecule has 22 heteroatoms. The summed E-state index contributed by atoms with van der Waals surface area (Å²) in [5, 5.41) is 5.29. The van der Waals surface area contributed by atoms with E-state index in [1.54, 1.807) is 58.4 Å². The molecule has 0 saturated carbocycles. The molecule has 0 aromatic carbocycles. The quantitative estimate of drug-likeness (QED) is 0.0673. The fraction of sp³-hybridized carbons (Fsp3) is 0.778. The third-order valence-electron chi connectivity index (χ3n) is 7.33.